The van der Waals surface area contributed by atoms with Gasteiger partial charge in [-0.05, 0) is 62.3 Å². The zero-order valence-corrected chi connectivity index (χ0v) is 17.4. The minimum absolute atomic E-state index is 0.0162. The molecular formula is C25H26N4O. The molecule has 1 saturated carbocycles. The molecule has 3 aliphatic rings. The van der Waals surface area contributed by atoms with Gasteiger partial charge >= 0.3 is 0 Å². The highest BCUT2D eigenvalue weighted by atomic mass is 16.2. The van der Waals surface area contributed by atoms with E-state index in [0.717, 1.165) is 65.9 Å². The first-order valence-electron chi connectivity index (χ1n) is 10.8. The Labute approximate surface area is 176 Å². The molecule has 0 unspecified atom stereocenters. The maximum atomic E-state index is 12.8. The maximum Gasteiger partial charge on any atom is 0.253 e. The van der Waals surface area contributed by atoms with E-state index >= 15 is 0 Å². The number of carbonyl (C=O) groups excluding carboxylic acids is 1. The van der Waals surface area contributed by atoms with Gasteiger partial charge < -0.3 is 16.0 Å². The molecule has 1 spiro atoms. The lowest BCUT2D eigenvalue weighted by Gasteiger charge is -2.24. The van der Waals surface area contributed by atoms with E-state index < -0.39 is 0 Å². The molecule has 5 heteroatoms. The van der Waals surface area contributed by atoms with Gasteiger partial charge in [-0.3, -0.25) is 9.78 Å². The van der Waals surface area contributed by atoms with E-state index in [0.29, 0.717) is 0 Å². The zero-order chi connectivity index (χ0) is 20.7. The third kappa shape index (κ3) is 2.65. The van der Waals surface area contributed by atoms with Crippen molar-refractivity contribution in [3.8, 4) is 22.5 Å². The van der Waals surface area contributed by atoms with Crippen LogP contribution in [0.1, 0.15) is 59.4 Å². The predicted molar refractivity (Wildman–Crippen MR) is 117 cm³/mol. The number of benzene rings is 1. The Morgan fingerprint density at radius 2 is 1.90 bits per heavy atom. The number of fused-ring (bicyclic) bond motifs is 5. The summed E-state index contributed by atoms with van der Waals surface area (Å²) in [5.74, 6) is 0.101. The Balaban J connectivity index is 1.43. The number of H-pyrrole nitrogens is 1. The number of hydrogen-bond acceptors (Lipinski definition) is 3. The van der Waals surface area contributed by atoms with Crippen LogP contribution < -0.4 is 11.1 Å². The van der Waals surface area contributed by atoms with Crippen LogP contribution in [0.5, 0.6) is 0 Å². The summed E-state index contributed by atoms with van der Waals surface area (Å²) >= 11 is 0. The summed E-state index contributed by atoms with van der Waals surface area (Å²) < 4.78 is 0. The van der Waals surface area contributed by atoms with Crippen molar-refractivity contribution in [2.45, 2.75) is 57.0 Å². The highest BCUT2D eigenvalue weighted by Gasteiger charge is 2.49. The second kappa shape index (κ2) is 5.82. The molecule has 1 fully saturated rings. The van der Waals surface area contributed by atoms with Crippen LogP contribution in [0.3, 0.4) is 0 Å². The predicted octanol–water partition coefficient (Wildman–Crippen LogP) is 3.85. The number of pyridine rings is 1. The molecule has 3 aromatic rings. The minimum atomic E-state index is -0.362. The summed E-state index contributed by atoms with van der Waals surface area (Å²) in [7, 11) is 0. The molecule has 2 aromatic heterocycles. The number of amides is 1. The topological polar surface area (TPSA) is 83.8 Å². The third-order valence-electron chi connectivity index (χ3n) is 6.98. The molecule has 30 heavy (non-hydrogen) atoms. The molecule has 0 radical (unpaired) electrons. The van der Waals surface area contributed by atoms with Crippen molar-refractivity contribution in [3.63, 3.8) is 0 Å². The number of aryl methyl sites for hydroxylation is 1. The van der Waals surface area contributed by atoms with Gasteiger partial charge in [0.1, 0.15) is 0 Å². The van der Waals surface area contributed by atoms with Gasteiger partial charge in [0, 0.05) is 40.5 Å². The van der Waals surface area contributed by atoms with E-state index in [1.807, 2.05) is 20.0 Å². The summed E-state index contributed by atoms with van der Waals surface area (Å²) in [6.07, 6.45) is 6.89. The van der Waals surface area contributed by atoms with E-state index in [1.54, 1.807) is 0 Å². The van der Waals surface area contributed by atoms with Crippen LogP contribution in [0.2, 0.25) is 0 Å². The Bertz CT molecular complexity index is 1190. The lowest BCUT2D eigenvalue weighted by atomic mass is 9.87. The SMILES string of the molecule is CC(C)(N)c1ccc(-c2cc3c(cn2)CCc2c-3[nH]c3c2C(=O)NC2(CC2)C3)cc1. The molecule has 1 amide bonds. The highest BCUT2D eigenvalue weighted by molar-refractivity contribution is 6.01. The molecule has 6 rings (SSSR count). The molecule has 0 saturated heterocycles. The van der Waals surface area contributed by atoms with Crippen molar-refractivity contribution in [1.29, 1.82) is 0 Å². The lowest BCUT2D eigenvalue weighted by Crippen LogP contribution is -2.43. The number of nitrogens with one attached hydrogen (secondary N) is 2. The van der Waals surface area contributed by atoms with Crippen molar-refractivity contribution in [1.82, 2.24) is 15.3 Å². The number of nitrogens with zero attached hydrogens (tertiary/aromatic N) is 1. The molecule has 1 aliphatic heterocycles. The number of rotatable bonds is 2. The first kappa shape index (κ1) is 17.9. The summed E-state index contributed by atoms with van der Waals surface area (Å²) in [6.45, 7) is 4.02. The van der Waals surface area contributed by atoms with Crippen LogP contribution in [0.15, 0.2) is 36.5 Å². The van der Waals surface area contributed by atoms with Gasteiger partial charge in [0.25, 0.3) is 5.91 Å². The Morgan fingerprint density at radius 1 is 1.13 bits per heavy atom. The summed E-state index contributed by atoms with van der Waals surface area (Å²) in [5.41, 5.74) is 15.7. The number of aromatic amines is 1. The van der Waals surface area contributed by atoms with Gasteiger partial charge in [0.15, 0.2) is 0 Å². The van der Waals surface area contributed by atoms with Crippen LogP contribution in [-0.4, -0.2) is 21.4 Å². The van der Waals surface area contributed by atoms with Crippen molar-refractivity contribution < 1.29 is 4.79 Å². The van der Waals surface area contributed by atoms with E-state index in [4.69, 9.17) is 10.7 Å². The molecule has 5 nitrogen and oxygen atoms in total. The average Bonchev–Trinajstić information content (AvgIpc) is 3.33. The second-order valence-electron chi connectivity index (χ2n) is 9.77. The number of hydrogen-bond donors (Lipinski definition) is 3. The fraction of sp³-hybridized carbons (Fsp3) is 0.360. The Hall–Kier alpha value is -2.92. The highest BCUT2D eigenvalue weighted by Crippen LogP contribution is 2.45. The van der Waals surface area contributed by atoms with Gasteiger partial charge in [0.2, 0.25) is 0 Å². The first-order chi connectivity index (χ1) is 14.3. The van der Waals surface area contributed by atoms with Crippen LogP contribution in [-0.2, 0) is 24.8 Å². The smallest absolute Gasteiger partial charge is 0.253 e. The van der Waals surface area contributed by atoms with E-state index in [9.17, 15) is 4.79 Å². The molecule has 4 N–H and O–H groups in total. The fourth-order valence-corrected chi connectivity index (χ4v) is 5.02. The molecular weight excluding hydrogens is 372 g/mol. The van der Waals surface area contributed by atoms with Gasteiger partial charge in [-0.25, -0.2) is 0 Å². The van der Waals surface area contributed by atoms with Crippen LogP contribution in [0.25, 0.3) is 22.5 Å². The summed E-state index contributed by atoms with van der Waals surface area (Å²) in [4.78, 5) is 21.2. The number of carbonyl (C=O) groups is 1. The van der Waals surface area contributed by atoms with Crippen molar-refractivity contribution in [3.05, 3.63) is 64.5 Å². The van der Waals surface area contributed by atoms with Crippen LogP contribution in [0.4, 0.5) is 0 Å². The quantitative estimate of drug-likeness (QED) is 0.613. The van der Waals surface area contributed by atoms with Gasteiger partial charge in [0.05, 0.1) is 17.0 Å². The lowest BCUT2D eigenvalue weighted by molar-refractivity contribution is 0.0917. The Kier molecular flexibility index (Phi) is 3.47. The molecule has 0 bridgehead atoms. The standard InChI is InChI=1S/C25H26N4O/c1-24(2,26)16-6-3-14(4-7-16)19-11-18-15(13-27-19)5-8-17-21-20(28-22(17)18)12-25(9-10-25)29-23(21)30/h3-4,6-7,11,13,28H,5,8-10,12,26H2,1-2H3,(H,29,30). The third-order valence-corrected chi connectivity index (χ3v) is 6.98. The molecule has 152 valence electrons. The number of aromatic nitrogens is 2. The minimum Gasteiger partial charge on any atom is -0.357 e. The maximum absolute atomic E-state index is 12.8. The molecule has 2 aliphatic carbocycles. The van der Waals surface area contributed by atoms with Crippen LogP contribution >= 0.6 is 0 Å². The molecule has 3 heterocycles. The van der Waals surface area contributed by atoms with E-state index in [1.165, 1.54) is 16.7 Å². The number of nitrogens with two attached hydrogens (primary N) is 1. The normalized spacial score (nSPS) is 18.4. The Morgan fingerprint density at radius 3 is 2.60 bits per heavy atom. The van der Waals surface area contributed by atoms with Crippen molar-refractivity contribution in [2.75, 3.05) is 0 Å². The zero-order valence-electron chi connectivity index (χ0n) is 17.4. The van der Waals surface area contributed by atoms with E-state index in [2.05, 4.69) is 40.6 Å². The monoisotopic (exact) mass is 398 g/mol. The van der Waals surface area contributed by atoms with Gasteiger partial charge in [-0.2, -0.15) is 0 Å². The van der Waals surface area contributed by atoms with Gasteiger partial charge in [-0.15, -0.1) is 0 Å². The fourth-order valence-electron chi connectivity index (χ4n) is 5.02. The van der Waals surface area contributed by atoms with Crippen LogP contribution in [0, 0.1) is 0 Å². The molecule has 1 aromatic carbocycles. The first-order valence-corrected chi connectivity index (χ1v) is 10.8. The van der Waals surface area contributed by atoms with E-state index in [-0.39, 0.29) is 17.0 Å². The second-order valence-corrected chi connectivity index (χ2v) is 9.77. The molecule has 0 atom stereocenters. The van der Waals surface area contributed by atoms with Crippen molar-refractivity contribution in [2.24, 2.45) is 5.73 Å². The largest absolute Gasteiger partial charge is 0.357 e. The summed E-state index contributed by atoms with van der Waals surface area (Å²) in [6, 6.07) is 10.5. The van der Waals surface area contributed by atoms with Crippen molar-refractivity contribution >= 4 is 5.91 Å². The average molecular weight is 399 g/mol. The van der Waals surface area contributed by atoms with Gasteiger partial charge in [-0.1, -0.05) is 24.3 Å². The summed E-state index contributed by atoms with van der Waals surface area (Å²) in [5, 5.41) is 3.26.